The Kier molecular flexibility index (Phi) is 6.55. The molecule has 25 heavy (non-hydrogen) atoms. The van der Waals surface area contributed by atoms with Crippen molar-refractivity contribution in [2.75, 3.05) is 18.6 Å². The summed E-state index contributed by atoms with van der Waals surface area (Å²) in [7, 11) is -2.18. The average Bonchev–Trinajstić information content (AvgIpc) is 2.93. The molecule has 0 saturated carbocycles. The number of carbonyl (C=O) groups excluding carboxylic acids is 1. The summed E-state index contributed by atoms with van der Waals surface area (Å²) in [6.45, 7) is 4.08. The van der Waals surface area contributed by atoms with Crippen LogP contribution in [-0.4, -0.2) is 47.4 Å². The lowest BCUT2D eigenvalue weighted by molar-refractivity contribution is -0.119. The van der Waals surface area contributed by atoms with Crippen LogP contribution in [0.5, 0.6) is 0 Å². The number of hydrogen-bond acceptors (Lipinski definition) is 7. The molecule has 0 aliphatic heterocycles. The number of anilines is 1. The SMILES string of the molecule is CC(C)Sc1nnc(NC(=O)C(c2ccccc2)N(C)S(C)(=O)=O)s1. The number of amides is 1. The number of sulfonamides is 1. The Morgan fingerprint density at radius 1 is 1.24 bits per heavy atom. The van der Waals surface area contributed by atoms with Crippen molar-refractivity contribution in [1.29, 1.82) is 0 Å². The van der Waals surface area contributed by atoms with Gasteiger partial charge >= 0.3 is 0 Å². The lowest BCUT2D eigenvalue weighted by Crippen LogP contribution is -2.38. The zero-order valence-electron chi connectivity index (χ0n) is 14.3. The smallest absolute Gasteiger partial charge is 0.249 e. The molecular formula is C15H20N4O3S3. The topological polar surface area (TPSA) is 92.3 Å². The fraction of sp³-hybridized carbons (Fsp3) is 0.400. The Labute approximate surface area is 155 Å². The number of likely N-dealkylation sites (N-methyl/N-ethyl adjacent to an activating group) is 1. The number of benzene rings is 1. The van der Waals surface area contributed by atoms with Crippen molar-refractivity contribution in [1.82, 2.24) is 14.5 Å². The van der Waals surface area contributed by atoms with Crippen molar-refractivity contribution in [3.05, 3.63) is 35.9 Å². The van der Waals surface area contributed by atoms with Crippen LogP contribution in [-0.2, 0) is 14.8 Å². The molecule has 10 heteroatoms. The van der Waals surface area contributed by atoms with E-state index >= 15 is 0 Å². The zero-order valence-corrected chi connectivity index (χ0v) is 16.8. The highest BCUT2D eigenvalue weighted by molar-refractivity contribution is 8.01. The van der Waals surface area contributed by atoms with Gasteiger partial charge in [-0.25, -0.2) is 8.42 Å². The Hall–Kier alpha value is -1.49. The van der Waals surface area contributed by atoms with Gasteiger partial charge in [0.15, 0.2) is 4.34 Å². The van der Waals surface area contributed by atoms with E-state index in [1.807, 2.05) is 13.8 Å². The van der Waals surface area contributed by atoms with Gasteiger partial charge in [0.1, 0.15) is 6.04 Å². The summed E-state index contributed by atoms with van der Waals surface area (Å²) in [5.74, 6) is -0.476. The van der Waals surface area contributed by atoms with Crippen LogP contribution in [0.4, 0.5) is 5.13 Å². The van der Waals surface area contributed by atoms with Crippen molar-refractivity contribution < 1.29 is 13.2 Å². The van der Waals surface area contributed by atoms with Crippen LogP contribution >= 0.6 is 23.1 Å². The van der Waals surface area contributed by atoms with E-state index in [1.54, 1.807) is 42.1 Å². The van der Waals surface area contributed by atoms with Crippen molar-refractivity contribution in [3.63, 3.8) is 0 Å². The first-order valence-electron chi connectivity index (χ1n) is 7.47. The predicted octanol–water partition coefficient (Wildman–Crippen LogP) is 2.61. The molecule has 136 valence electrons. The fourth-order valence-corrected chi connectivity index (χ4v) is 4.62. The molecule has 2 aromatic rings. The van der Waals surface area contributed by atoms with E-state index in [0.717, 1.165) is 14.9 Å². The number of aromatic nitrogens is 2. The van der Waals surface area contributed by atoms with E-state index in [1.165, 1.54) is 18.4 Å². The first-order valence-corrected chi connectivity index (χ1v) is 11.0. The molecule has 1 amide bonds. The lowest BCUT2D eigenvalue weighted by Gasteiger charge is -2.25. The van der Waals surface area contributed by atoms with E-state index in [-0.39, 0.29) is 0 Å². The van der Waals surface area contributed by atoms with Crippen molar-refractivity contribution in [2.45, 2.75) is 29.5 Å². The third-order valence-corrected chi connectivity index (χ3v) is 6.41. The number of hydrogen-bond donors (Lipinski definition) is 1. The summed E-state index contributed by atoms with van der Waals surface area (Å²) in [5.41, 5.74) is 0.578. The summed E-state index contributed by atoms with van der Waals surface area (Å²) < 4.78 is 25.7. The Morgan fingerprint density at radius 2 is 1.88 bits per heavy atom. The third-order valence-electron chi connectivity index (χ3n) is 3.22. The molecule has 0 aliphatic rings. The van der Waals surface area contributed by atoms with Gasteiger partial charge in [-0.05, 0) is 5.56 Å². The molecule has 0 saturated heterocycles. The standard InChI is InChI=1S/C15H20N4O3S3/c1-10(2)23-15-18-17-14(24-15)16-13(20)12(19(3)25(4,21)22)11-8-6-5-7-9-11/h5-10,12H,1-4H3,(H,16,17,20). The highest BCUT2D eigenvalue weighted by Crippen LogP contribution is 2.30. The number of nitrogens with zero attached hydrogens (tertiary/aromatic N) is 3. The van der Waals surface area contributed by atoms with E-state index in [4.69, 9.17) is 0 Å². The zero-order chi connectivity index (χ0) is 18.6. The summed E-state index contributed by atoms with van der Waals surface area (Å²) in [5, 5.41) is 11.3. The molecule has 1 aromatic heterocycles. The van der Waals surface area contributed by atoms with Crippen molar-refractivity contribution in [2.24, 2.45) is 0 Å². The van der Waals surface area contributed by atoms with Gasteiger partial charge in [-0.3, -0.25) is 10.1 Å². The van der Waals surface area contributed by atoms with E-state index < -0.39 is 22.0 Å². The Balaban J connectivity index is 2.25. The van der Waals surface area contributed by atoms with Gasteiger partial charge in [-0.2, -0.15) is 4.31 Å². The van der Waals surface area contributed by atoms with E-state index in [9.17, 15) is 13.2 Å². The maximum absolute atomic E-state index is 12.7. The molecule has 0 spiro atoms. The minimum atomic E-state index is -3.56. The van der Waals surface area contributed by atoms with Gasteiger partial charge in [0.25, 0.3) is 0 Å². The minimum Gasteiger partial charge on any atom is -0.299 e. The number of carbonyl (C=O) groups is 1. The Morgan fingerprint density at radius 3 is 2.44 bits per heavy atom. The van der Waals surface area contributed by atoms with Gasteiger partial charge in [0.2, 0.25) is 21.1 Å². The molecule has 1 unspecified atom stereocenters. The van der Waals surface area contributed by atoms with Crippen LogP contribution in [0, 0.1) is 0 Å². The molecule has 1 heterocycles. The quantitative estimate of drug-likeness (QED) is 0.567. The summed E-state index contributed by atoms with van der Waals surface area (Å²) in [4.78, 5) is 12.7. The number of rotatable bonds is 7. The molecule has 0 radical (unpaired) electrons. The molecule has 7 nitrogen and oxygen atoms in total. The van der Waals surface area contributed by atoms with Gasteiger partial charge < -0.3 is 0 Å². The maximum Gasteiger partial charge on any atom is 0.249 e. The monoisotopic (exact) mass is 400 g/mol. The lowest BCUT2D eigenvalue weighted by atomic mass is 10.1. The van der Waals surface area contributed by atoms with Crippen molar-refractivity contribution >= 4 is 44.2 Å². The largest absolute Gasteiger partial charge is 0.299 e. The number of nitrogens with one attached hydrogen (secondary N) is 1. The average molecular weight is 401 g/mol. The molecule has 0 bridgehead atoms. The van der Waals surface area contributed by atoms with E-state index in [0.29, 0.717) is 15.9 Å². The van der Waals surface area contributed by atoms with Crippen LogP contribution in [0.1, 0.15) is 25.5 Å². The molecule has 1 aromatic carbocycles. The Bertz CT molecular complexity index is 822. The highest BCUT2D eigenvalue weighted by Gasteiger charge is 2.31. The second kappa shape index (κ2) is 8.26. The normalized spacial score (nSPS) is 13.2. The van der Waals surface area contributed by atoms with Crippen LogP contribution in [0.2, 0.25) is 0 Å². The van der Waals surface area contributed by atoms with Crippen molar-refractivity contribution in [3.8, 4) is 0 Å². The van der Waals surface area contributed by atoms with Gasteiger partial charge in [0, 0.05) is 12.3 Å². The minimum absolute atomic E-state index is 0.344. The van der Waals surface area contributed by atoms with Crippen LogP contribution < -0.4 is 5.32 Å². The van der Waals surface area contributed by atoms with E-state index in [2.05, 4.69) is 15.5 Å². The first-order chi connectivity index (χ1) is 11.7. The maximum atomic E-state index is 12.7. The summed E-state index contributed by atoms with van der Waals surface area (Å²) >= 11 is 2.81. The molecule has 1 N–H and O–H groups in total. The summed E-state index contributed by atoms with van der Waals surface area (Å²) in [6.07, 6.45) is 1.07. The molecule has 0 fully saturated rings. The van der Waals surface area contributed by atoms with Gasteiger partial charge in [0.05, 0.1) is 6.26 Å². The molecular weight excluding hydrogens is 380 g/mol. The molecule has 1 atom stereocenters. The summed E-state index contributed by atoms with van der Waals surface area (Å²) in [6, 6.07) is 7.76. The van der Waals surface area contributed by atoms with Gasteiger partial charge in [-0.1, -0.05) is 67.3 Å². The molecule has 2 rings (SSSR count). The third kappa shape index (κ3) is 5.50. The number of thioether (sulfide) groups is 1. The predicted molar refractivity (Wildman–Crippen MR) is 101 cm³/mol. The highest BCUT2D eigenvalue weighted by atomic mass is 32.2. The second-order valence-electron chi connectivity index (χ2n) is 5.62. The second-order valence-corrected chi connectivity index (χ2v) is 10.5. The molecule has 0 aliphatic carbocycles. The van der Waals surface area contributed by atoms with Crippen LogP contribution in [0.3, 0.4) is 0 Å². The fourth-order valence-electron chi connectivity index (χ4n) is 2.04. The first kappa shape index (κ1) is 19.8. The van der Waals surface area contributed by atoms with Crippen LogP contribution in [0.15, 0.2) is 34.7 Å². The van der Waals surface area contributed by atoms with Crippen LogP contribution in [0.25, 0.3) is 0 Å². The van der Waals surface area contributed by atoms with Gasteiger partial charge in [-0.15, -0.1) is 10.2 Å².